The molecule has 1 fully saturated rings. The van der Waals surface area contributed by atoms with Crippen molar-refractivity contribution in [2.45, 2.75) is 45.7 Å². The van der Waals surface area contributed by atoms with Crippen LogP contribution in [0.1, 0.15) is 37.3 Å². The van der Waals surface area contributed by atoms with Crippen LogP contribution in [0.2, 0.25) is 0 Å². The molecule has 1 aromatic carbocycles. The SMILES string of the molecule is CCCS(=O)(=O)N1CCC(NC(=NC)NCc2ccc(Br)cc2C)CC1. The maximum atomic E-state index is 12.2. The highest BCUT2D eigenvalue weighted by Crippen LogP contribution is 2.16. The van der Waals surface area contributed by atoms with Gasteiger partial charge in [-0.1, -0.05) is 28.9 Å². The van der Waals surface area contributed by atoms with Gasteiger partial charge in [0.2, 0.25) is 10.0 Å². The lowest BCUT2D eigenvalue weighted by Gasteiger charge is -2.32. The van der Waals surface area contributed by atoms with Gasteiger partial charge < -0.3 is 10.6 Å². The number of aryl methyl sites for hydroxylation is 1. The van der Waals surface area contributed by atoms with E-state index in [2.05, 4.69) is 50.6 Å². The van der Waals surface area contributed by atoms with Crippen molar-refractivity contribution in [2.75, 3.05) is 25.9 Å². The van der Waals surface area contributed by atoms with E-state index in [4.69, 9.17) is 0 Å². The Bertz CT molecular complexity index is 729. The highest BCUT2D eigenvalue weighted by molar-refractivity contribution is 9.10. The molecule has 6 nitrogen and oxygen atoms in total. The molecule has 26 heavy (non-hydrogen) atoms. The Morgan fingerprint density at radius 3 is 2.62 bits per heavy atom. The second-order valence-electron chi connectivity index (χ2n) is 6.63. The molecule has 0 atom stereocenters. The summed E-state index contributed by atoms with van der Waals surface area (Å²) in [5, 5.41) is 6.77. The Balaban J connectivity index is 1.84. The highest BCUT2D eigenvalue weighted by Gasteiger charge is 2.27. The number of aliphatic imine (C=N–C) groups is 1. The maximum absolute atomic E-state index is 12.2. The molecule has 0 bridgehead atoms. The van der Waals surface area contributed by atoms with Crippen LogP contribution in [0.5, 0.6) is 0 Å². The Labute approximate surface area is 165 Å². The summed E-state index contributed by atoms with van der Waals surface area (Å²) in [4.78, 5) is 4.29. The average Bonchev–Trinajstić information content (AvgIpc) is 2.60. The van der Waals surface area contributed by atoms with Crippen LogP contribution in [-0.4, -0.2) is 50.6 Å². The van der Waals surface area contributed by atoms with E-state index in [-0.39, 0.29) is 11.8 Å². The predicted octanol–water partition coefficient (Wildman–Crippen LogP) is 2.63. The summed E-state index contributed by atoms with van der Waals surface area (Å²) in [5.41, 5.74) is 2.44. The standard InChI is InChI=1S/C18H29BrN4O2S/c1-4-11-26(24,25)23-9-7-17(8-10-23)22-18(20-3)21-13-15-5-6-16(19)12-14(15)2/h5-6,12,17H,4,7-11,13H2,1-3H3,(H2,20,21,22). The van der Waals surface area contributed by atoms with E-state index >= 15 is 0 Å². The number of benzene rings is 1. The van der Waals surface area contributed by atoms with E-state index in [0.29, 0.717) is 26.1 Å². The zero-order chi connectivity index (χ0) is 19.2. The van der Waals surface area contributed by atoms with Gasteiger partial charge in [-0.15, -0.1) is 0 Å². The summed E-state index contributed by atoms with van der Waals surface area (Å²) in [5.74, 6) is 0.989. The Morgan fingerprint density at radius 1 is 1.35 bits per heavy atom. The first kappa shape index (κ1) is 21.2. The molecule has 0 aromatic heterocycles. The zero-order valence-corrected chi connectivity index (χ0v) is 18.2. The second-order valence-corrected chi connectivity index (χ2v) is 9.63. The van der Waals surface area contributed by atoms with Gasteiger partial charge in [0.25, 0.3) is 0 Å². The van der Waals surface area contributed by atoms with E-state index in [1.165, 1.54) is 11.1 Å². The van der Waals surface area contributed by atoms with Gasteiger partial charge in [-0.3, -0.25) is 4.99 Å². The summed E-state index contributed by atoms with van der Waals surface area (Å²) in [6.45, 7) is 5.83. The van der Waals surface area contributed by atoms with Crippen molar-refractivity contribution in [1.82, 2.24) is 14.9 Å². The number of guanidine groups is 1. The van der Waals surface area contributed by atoms with E-state index in [1.807, 2.05) is 13.0 Å². The zero-order valence-electron chi connectivity index (χ0n) is 15.8. The normalized spacial score (nSPS) is 17.3. The van der Waals surface area contributed by atoms with Crippen LogP contribution in [0, 0.1) is 6.92 Å². The van der Waals surface area contributed by atoms with Crippen molar-refractivity contribution in [3.05, 3.63) is 33.8 Å². The van der Waals surface area contributed by atoms with Crippen LogP contribution in [0.4, 0.5) is 0 Å². The minimum absolute atomic E-state index is 0.236. The summed E-state index contributed by atoms with van der Waals surface area (Å²) in [6.07, 6.45) is 2.24. The van der Waals surface area contributed by atoms with Crippen molar-refractivity contribution >= 4 is 31.9 Å². The number of nitrogens with one attached hydrogen (secondary N) is 2. The molecule has 0 saturated carbocycles. The molecule has 1 aromatic rings. The monoisotopic (exact) mass is 444 g/mol. The smallest absolute Gasteiger partial charge is 0.214 e. The molecule has 1 saturated heterocycles. The molecule has 2 rings (SSSR count). The van der Waals surface area contributed by atoms with Crippen LogP contribution in [-0.2, 0) is 16.6 Å². The van der Waals surface area contributed by atoms with Gasteiger partial charge in [-0.05, 0) is 49.4 Å². The molecular formula is C18H29BrN4O2S. The number of hydrogen-bond acceptors (Lipinski definition) is 3. The van der Waals surface area contributed by atoms with E-state index < -0.39 is 10.0 Å². The fraction of sp³-hybridized carbons (Fsp3) is 0.611. The Kier molecular flexibility index (Phi) is 7.91. The lowest BCUT2D eigenvalue weighted by molar-refractivity contribution is 0.306. The van der Waals surface area contributed by atoms with Crippen molar-refractivity contribution in [3.63, 3.8) is 0 Å². The molecule has 8 heteroatoms. The number of piperidine rings is 1. The molecule has 1 heterocycles. The first-order valence-electron chi connectivity index (χ1n) is 9.05. The summed E-state index contributed by atoms with van der Waals surface area (Å²) >= 11 is 3.48. The van der Waals surface area contributed by atoms with Gasteiger partial charge in [-0.25, -0.2) is 12.7 Å². The minimum atomic E-state index is -3.09. The molecule has 0 spiro atoms. The quantitative estimate of drug-likeness (QED) is 0.522. The number of halogens is 1. The lowest BCUT2D eigenvalue weighted by atomic mass is 10.1. The van der Waals surface area contributed by atoms with Crippen LogP contribution in [0.15, 0.2) is 27.7 Å². The highest BCUT2D eigenvalue weighted by atomic mass is 79.9. The average molecular weight is 445 g/mol. The van der Waals surface area contributed by atoms with Crippen LogP contribution in [0.25, 0.3) is 0 Å². The topological polar surface area (TPSA) is 73.8 Å². The van der Waals surface area contributed by atoms with E-state index in [0.717, 1.165) is 23.3 Å². The molecular weight excluding hydrogens is 416 g/mol. The summed E-state index contributed by atoms with van der Waals surface area (Å²) < 4.78 is 27.0. The van der Waals surface area contributed by atoms with Crippen molar-refractivity contribution < 1.29 is 8.42 Å². The molecule has 146 valence electrons. The summed E-state index contributed by atoms with van der Waals surface area (Å²) in [7, 11) is -1.33. The van der Waals surface area contributed by atoms with Gasteiger partial charge in [0.1, 0.15) is 0 Å². The molecule has 1 aliphatic rings. The number of hydrogen-bond donors (Lipinski definition) is 2. The minimum Gasteiger partial charge on any atom is -0.354 e. The number of sulfonamides is 1. The fourth-order valence-corrected chi connectivity index (χ4v) is 5.11. The predicted molar refractivity (Wildman–Crippen MR) is 111 cm³/mol. The van der Waals surface area contributed by atoms with Crippen molar-refractivity contribution in [2.24, 2.45) is 4.99 Å². The van der Waals surface area contributed by atoms with E-state index in [1.54, 1.807) is 11.4 Å². The number of rotatable bonds is 6. The largest absolute Gasteiger partial charge is 0.354 e. The van der Waals surface area contributed by atoms with Gasteiger partial charge in [0, 0.05) is 37.2 Å². The molecule has 0 unspecified atom stereocenters. The van der Waals surface area contributed by atoms with Gasteiger partial charge in [-0.2, -0.15) is 0 Å². The Morgan fingerprint density at radius 2 is 2.04 bits per heavy atom. The van der Waals surface area contributed by atoms with E-state index in [9.17, 15) is 8.42 Å². The van der Waals surface area contributed by atoms with Crippen molar-refractivity contribution in [1.29, 1.82) is 0 Å². The summed E-state index contributed by atoms with van der Waals surface area (Å²) in [6, 6.07) is 6.46. The third-order valence-corrected chi connectivity index (χ3v) is 7.19. The van der Waals surface area contributed by atoms with Crippen molar-refractivity contribution in [3.8, 4) is 0 Å². The molecule has 0 radical (unpaired) electrons. The fourth-order valence-electron chi connectivity index (χ4n) is 3.09. The number of nitrogens with zero attached hydrogens (tertiary/aromatic N) is 2. The second kappa shape index (κ2) is 9.71. The molecule has 0 aliphatic carbocycles. The van der Waals surface area contributed by atoms with Gasteiger partial charge >= 0.3 is 0 Å². The van der Waals surface area contributed by atoms with Crippen LogP contribution >= 0.6 is 15.9 Å². The third kappa shape index (κ3) is 5.96. The van der Waals surface area contributed by atoms with Crippen LogP contribution < -0.4 is 10.6 Å². The molecule has 1 aliphatic heterocycles. The van der Waals surface area contributed by atoms with Crippen LogP contribution in [0.3, 0.4) is 0 Å². The first-order valence-corrected chi connectivity index (χ1v) is 11.5. The van der Waals surface area contributed by atoms with Gasteiger partial charge in [0.05, 0.1) is 5.75 Å². The lowest BCUT2D eigenvalue weighted by Crippen LogP contribution is -2.49. The third-order valence-electron chi connectivity index (χ3n) is 4.62. The van der Waals surface area contributed by atoms with Gasteiger partial charge in [0.15, 0.2) is 5.96 Å². The molecule has 2 N–H and O–H groups in total. The Hall–Kier alpha value is -1.12. The first-order chi connectivity index (χ1) is 12.4. The molecule has 0 amide bonds. The maximum Gasteiger partial charge on any atom is 0.214 e.